The van der Waals surface area contributed by atoms with Crippen molar-refractivity contribution in [2.24, 2.45) is 23.1 Å². The summed E-state index contributed by atoms with van der Waals surface area (Å²) in [5.41, 5.74) is 3.57. The quantitative estimate of drug-likeness (QED) is 0.619. The number of nitrogens with one attached hydrogen (secondary N) is 1. The van der Waals surface area contributed by atoms with Gasteiger partial charge in [0.15, 0.2) is 0 Å². The Balaban J connectivity index is 1.90. The standard InChI is InChI=1S/C18H32N2S/c1-5-15-10-11-16(21-15)12-17(20-19)13-6-8-14(9-7-13)18(2,3)4/h10-11,13-14,17,20H,5-9,12,19H2,1-4H3. The lowest BCUT2D eigenvalue weighted by atomic mass is 9.68. The second kappa shape index (κ2) is 7.26. The zero-order valence-electron chi connectivity index (χ0n) is 14.1. The summed E-state index contributed by atoms with van der Waals surface area (Å²) >= 11 is 1.95. The summed E-state index contributed by atoms with van der Waals surface area (Å²) in [4.78, 5) is 2.96. The Morgan fingerprint density at radius 3 is 2.29 bits per heavy atom. The third-order valence-corrected chi connectivity index (χ3v) is 6.52. The first-order valence-electron chi connectivity index (χ1n) is 8.47. The second-order valence-corrected chi connectivity index (χ2v) is 8.93. The van der Waals surface area contributed by atoms with Crippen molar-refractivity contribution in [1.29, 1.82) is 0 Å². The predicted molar refractivity (Wildman–Crippen MR) is 93.4 cm³/mol. The van der Waals surface area contributed by atoms with E-state index in [4.69, 9.17) is 5.84 Å². The van der Waals surface area contributed by atoms with E-state index in [9.17, 15) is 0 Å². The number of aryl methyl sites for hydroxylation is 1. The second-order valence-electron chi connectivity index (χ2n) is 7.68. The lowest BCUT2D eigenvalue weighted by Gasteiger charge is -2.39. The topological polar surface area (TPSA) is 38.0 Å². The Kier molecular flexibility index (Phi) is 5.87. The van der Waals surface area contributed by atoms with Crippen LogP contribution in [0, 0.1) is 17.3 Å². The zero-order chi connectivity index (χ0) is 15.5. The van der Waals surface area contributed by atoms with Crippen LogP contribution in [0.25, 0.3) is 0 Å². The smallest absolute Gasteiger partial charge is 0.0287 e. The first-order valence-corrected chi connectivity index (χ1v) is 9.29. The first-order chi connectivity index (χ1) is 9.94. The number of hydrogen-bond acceptors (Lipinski definition) is 3. The molecule has 3 N–H and O–H groups in total. The molecule has 0 aliphatic heterocycles. The van der Waals surface area contributed by atoms with E-state index in [0.29, 0.717) is 11.5 Å². The zero-order valence-corrected chi connectivity index (χ0v) is 14.9. The van der Waals surface area contributed by atoms with E-state index in [1.807, 2.05) is 11.3 Å². The molecule has 1 aliphatic carbocycles. The van der Waals surface area contributed by atoms with Crippen LogP contribution in [0.3, 0.4) is 0 Å². The van der Waals surface area contributed by atoms with Gasteiger partial charge in [-0.05, 0) is 67.9 Å². The van der Waals surface area contributed by atoms with Crippen LogP contribution in [0.4, 0.5) is 0 Å². The van der Waals surface area contributed by atoms with Crippen LogP contribution in [0.5, 0.6) is 0 Å². The highest BCUT2D eigenvalue weighted by molar-refractivity contribution is 7.11. The number of rotatable bonds is 5. The summed E-state index contributed by atoms with van der Waals surface area (Å²) in [6.45, 7) is 9.37. The normalized spacial score (nSPS) is 25.0. The Morgan fingerprint density at radius 1 is 1.19 bits per heavy atom. The number of hydrogen-bond donors (Lipinski definition) is 2. The maximum Gasteiger partial charge on any atom is 0.0287 e. The fourth-order valence-electron chi connectivity index (χ4n) is 3.69. The molecule has 0 bridgehead atoms. The highest BCUT2D eigenvalue weighted by Gasteiger charge is 2.32. The van der Waals surface area contributed by atoms with Gasteiger partial charge in [0.05, 0.1) is 0 Å². The van der Waals surface area contributed by atoms with Crippen molar-refractivity contribution in [3.05, 3.63) is 21.9 Å². The minimum Gasteiger partial charge on any atom is -0.271 e. The van der Waals surface area contributed by atoms with E-state index in [-0.39, 0.29) is 0 Å². The van der Waals surface area contributed by atoms with Crippen molar-refractivity contribution in [2.45, 2.75) is 72.3 Å². The molecule has 1 aromatic rings. The summed E-state index contributed by atoms with van der Waals surface area (Å²) < 4.78 is 0. The lowest BCUT2D eigenvalue weighted by molar-refractivity contribution is 0.132. The van der Waals surface area contributed by atoms with E-state index < -0.39 is 0 Å². The maximum absolute atomic E-state index is 5.87. The molecular weight excluding hydrogens is 276 g/mol. The summed E-state index contributed by atoms with van der Waals surface area (Å²) in [6, 6.07) is 4.99. The molecule has 0 spiro atoms. The van der Waals surface area contributed by atoms with Gasteiger partial charge in [-0.3, -0.25) is 11.3 Å². The van der Waals surface area contributed by atoms with Crippen molar-refractivity contribution in [2.75, 3.05) is 0 Å². The molecule has 0 saturated heterocycles. The van der Waals surface area contributed by atoms with E-state index in [1.54, 1.807) is 0 Å². The fraction of sp³-hybridized carbons (Fsp3) is 0.778. The Hall–Kier alpha value is -0.380. The van der Waals surface area contributed by atoms with Gasteiger partial charge in [-0.1, -0.05) is 27.7 Å². The monoisotopic (exact) mass is 308 g/mol. The molecule has 1 aliphatic rings. The number of hydrazine groups is 1. The molecule has 1 aromatic heterocycles. The van der Waals surface area contributed by atoms with Crippen LogP contribution >= 0.6 is 11.3 Å². The van der Waals surface area contributed by atoms with Crippen LogP contribution in [0.1, 0.15) is 63.1 Å². The molecule has 21 heavy (non-hydrogen) atoms. The van der Waals surface area contributed by atoms with Gasteiger partial charge in [-0.2, -0.15) is 0 Å². The maximum atomic E-state index is 5.87. The van der Waals surface area contributed by atoms with E-state index in [0.717, 1.165) is 24.7 Å². The predicted octanol–water partition coefficient (Wildman–Crippen LogP) is 4.54. The molecular formula is C18H32N2S. The van der Waals surface area contributed by atoms with Gasteiger partial charge < -0.3 is 0 Å². The third-order valence-electron chi connectivity index (χ3n) is 5.27. The van der Waals surface area contributed by atoms with Crippen molar-refractivity contribution in [3.63, 3.8) is 0 Å². The van der Waals surface area contributed by atoms with Crippen molar-refractivity contribution in [3.8, 4) is 0 Å². The van der Waals surface area contributed by atoms with Crippen LogP contribution in [0.15, 0.2) is 12.1 Å². The van der Waals surface area contributed by atoms with Gasteiger partial charge in [-0.15, -0.1) is 11.3 Å². The minimum absolute atomic E-state index is 0.439. The number of thiophene rings is 1. The van der Waals surface area contributed by atoms with Crippen LogP contribution in [0.2, 0.25) is 0 Å². The molecule has 120 valence electrons. The summed E-state index contributed by atoms with van der Waals surface area (Å²) in [5, 5.41) is 0. The molecule has 0 radical (unpaired) electrons. The number of nitrogens with two attached hydrogens (primary N) is 1. The highest BCUT2D eigenvalue weighted by Crippen LogP contribution is 2.41. The minimum atomic E-state index is 0.439. The molecule has 3 heteroatoms. The molecule has 2 nitrogen and oxygen atoms in total. The van der Waals surface area contributed by atoms with Crippen molar-refractivity contribution in [1.82, 2.24) is 5.43 Å². The third kappa shape index (κ3) is 4.54. The van der Waals surface area contributed by atoms with E-state index >= 15 is 0 Å². The van der Waals surface area contributed by atoms with E-state index in [2.05, 4.69) is 45.3 Å². The Morgan fingerprint density at radius 2 is 1.81 bits per heavy atom. The van der Waals surface area contributed by atoms with Gasteiger partial charge >= 0.3 is 0 Å². The molecule has 1 saturated carbocycles. The van der Waals surface area contributed by atoms with E-state index in [1.165, 1.54) is 35.4 Å². The van der Waals surface area contributed by atoms with Crippen molar-refractivity contribution >= 4 is 11.3 Å². The van der Waals surface area contributed by atoms with Gasteiger partial charge in [0.2, 0.25) is 0 Å². The summed E-state index contributed by atoms with van der Waals surface area (Å²) in [5.74, 6) is 7.48. The average Bonchev–Trinajstić information content (AvgIpc) is 2.92. The van der Waals surface area contributed by atoms with Gasteiger partial charge in [-0.25, -0.2) is 0 Å². The van der Waals surface area contributed by atoms with Crippen LogP contribution in [-0.2, 0) is 12.8 Å². The van der Waals surface area contributed by atoms with Gasteiger partial charge in [0.25, 0.3) is 0 Å². The summed E-state index contributed by atoms with van der Waals surface area (Å²) in [7, 11) is 0. The largest absolute Gasteiger partial charge is 0.271 e. The van der Waals surface area contributed by atoms with Crippen LogP contribution in [-0.4, -0.2) is 6.04 Å². The average molecular weight is 309 g/mol. The van der Waals surface area contributed by atoms with Crippen molar-refractivity contribution < 1.29 is 0 Å². The Bertz CT molecular complexity index is 425. The molecule has 0 amide bonds. The molecule has 0 aromatic carbocycles. The molecule has 2 rings (SSSR count). The SMILES string of the molecule is CCc1ccc(CC(NN)C2CCC(C(C)(C)C)CC2)s1. The molecule has 1 unspecified atom stereocenters. The molecule has 1 fully saturated rings. The van der Waals surface area contributed by atoms with Gasteiger partial charge in [0.1, 0.15) is 0 Å². The van der Waals surface area contributed by atoms with Crippen LogP contribution < -0.4 is 11.3 Å². The highest BCUT2D eigenvalue weighted by atomic mass is 32.1. The Labute approximate surface area is 134 Å². The summed E-state index contributed by atoms with van der Waals surface area (Å²) in [6.07, 6.45) is 7.59. The lowest BCUT2D eigenvalue weighted by Crippen LogP contribution is -2.44. The molecule has 1 heterocycles. The molecule has 1 atom stereocenters. The first kappa shape index (κ1) is 17.0. The fourth-order valence-corrected chi connectivity index (χ4v) is 4.70. The van der Waals surface area contributed by atoms with Gasteiger partial charge in [0, 0.05) is 15.8 Å².